The molecule has 0 aliphatic heterocycles. The minimum absolute atomic E-state index is 0.374. The molecule has 15 heavy (non-hydrogen) atoms. The third-order valence-electron chi connectivity index (χ3n) is 1.79. The lowest BCUT2D eigenvalue weighted by Gasteiger charge is -2.03. The van der Waals surface area contributed by atoms with E-state index in [0.717, 1.165) is 5.56 Å². The van der Waals surface area contributed by atoms with Gasteiger partial charge in [0.15, 0.2) is 0 Å². The van der Waals surface area contributed by atoms with Crippen molar-refractivity contribution < 1.29 is 10.0 Å². The Bertz CT molecular complexity index is 385. The van der Waals surface area contributed by atoms with Gasteiger partial charge in [-0.1, -0.05) is 34.0 Å². The summed E-state index contributed by atoms with van der Waals surface area (Å²) in [5, 5.41) is 16.2. The lowest BCUT2D eigenvalue weighted by Crippen LogP contribution is -2.12. The number of rotatable bonds is 3. The van der Waals surface area contributed by atoms with Crippen LogP contribution in [-0.2, 0) is 4.84 Å². The van der Waals surface area contributed by atoms with Gasteiger partial charge in [-0.2, -0.15) is 0 Å². The van der Waals surface area contributed by atoms with E-state index in [1.807, 2.05) is 0 Å². The summed E-state index contributed by atoms with van der Waals surface area (Å²) in [4.78, 5) is 4.67. The molecule has 1 aromatic carbocycles. The molecule has 0 amide bonds. The zero-order valence-electron chi connectivity index (χ0n) is 8.44. The Morgan fingerprint density at radius 1 is 1.33 bits per heavy atom. The molecule has 0 aliphatic carbocycles. The van der Waals surface area contributed by atoms with E-state index in [2.05, 4.69) is 15.1 Å². The monoisotopic (exact) mass is 226 g/mol. The Balaban J connectivity index is 3.11. The van der Waals surface area contributed by atoms with Crippen molar-refractivity contribution in [1.82, 2.24) is 0 Å². The largest absolute Gasteiger partial charge is 0.411 e. The predicted molar refractivity (Wildman–Crippen MR) is 59.9 cm³/mol. The third kappa shape index (κ3) is 2.95. The molecule has 1 rings (SSSR count). The van der Waals surface area contributed by atoms with Gasteiger partial charge in [-0.15, -0.1) is 0 Å². The maximum absolute atomic E-state index is 8.67. The van der Waals surface area contributed by atoms with E-state index in [0.29, 0.717) is 16.4 Å². The quantitative estimate of drug-likeness (QED) is 0.489. The van der Waals surface area contributed by atoms with E-state index in [4.69, 9.17) is 16.8 Å². The molecule has 0 saturated carbocycles. The van der Waals surface area contributed by atoms with Crippen molar-refractivity contribution in [2.45, 2.75) is 6.92 Å². The molecule has 5 heteroatoms. The molecular weight excluding hydrogens is 216 g/mol. The molecule has 0 saturated heterocycles. The number of halogens is 1. The number of hydrogen-bond donors (Lipinski definition) is 1. The maximum Gasteiger partial charge on any atom is 0.134 e. The Morgan fingerprint density at radius 3 is 2.40 bits per heavy atom. The molecule has 0 atom stereocenters. The summed E-state index contributed by atoms with van der Waals surface area (Å²) in [6.45, 7) is 1.63. The summed E-state index contributed by atoms with van der Waals surface area (Å²) in [5.74, 6) is 0. The van der Waals surface area contributed by atoms with E-state index < -0.39 is 0 Å². The number of nitrogens with zero attached hydrogens (tertiary/aromatic N) is 2. The molecule has 4 nitrogen and oxygen atoms in total. The van der Waals surface area contributed by atoms with Crippen LogP contribution in [0.2, 0.25) is 5.02 Å². The summed E-state index contributed by atoms with van der Waals surface area (Å²) in [6.07, 6.45) is 0. The van der Waals surface area contributed by atoms with Crippen molar-refractivity contribution in [3.05, 3.63) is 34.9 Å². The molecule has 0 unspecified atom stereocenters. The van der Waals surface area contributed by atoms with Gasteiger partial charge in [0.25, 0.3) is 0 Å². The summed E-state index contributed by atoms with van der Waals surface area (Å²) >= 11 is 5.76. The Hall–Kier alpha value is -1.55. The second-order valence-electron chi connectivity index (χ2n) is 2.81. The van der Waals surface area contributed by atoms with Gasteiger partial charge in [0, 0.05) is 10.6 Å². The lowest BCUT2D eigenvalue weighted by molar-refractivity contribution is 0.214. The number of benzene rings is 1. The van der Waals surface area contributed by atoms with Gasteiger partial charge < -0.3 is 10.0 Å². The topological polar surface area (TPSA) is 54.2 Å². The van der Waals surface area contributed by atoms with Crippen LogP contribution in [0.15, 0.2) is 34.6 Å². The number of hydrogen-bond acceptors (Lipinski definition) is 4. The van der Waals surface area contributed by atoms with Crippen LogP contribution in [0.3, 0.4) is 0 Å². The van der Waals surface area contributed by atoms with Crippen LogP contribution in [0.5, 0.6) is 0 Å². The molecule has 1 N–H and O–H groups in total. The van der Waals surface area contributed by atoms with E-state index in [-0.39, 0.29) is 0 Å². The van der Waals surface area contributed by atoms with E-state index in [1.54, 1.807) is 31.2 Å². The highest BCUT2D eigenvalue weighted by molar-refractivity contribution is 6.47. The van der Waals surface area contributed by atoms with Crippen LogP contribution in [0, 0.1) is 0 Å². The summed E-state index contributed by atoms with van der Waals surface area (Å²) in [5.41, 5.74) is 1.62. The van der Waals surface area contributed by atoms with Crippen LogP contribution in [0.25, 0.3) is 0 Å². The molecule has 0 aliphatic rings. The van der Waals surface area contributed by atoms with Crippen molar-refractivity contribution in [3.63, 3.8) is 0 Å². The van der Waals surface area contributed by atoms with Gasteiger partial charge in [-0.05, 0) is 19.1 Å². The SMILES string of the molecule is CO/N=C(\C(C)=N\O)c1ccc(Cl)cc1. The van der Waals surface area contributed by atoms with Gasteiger partial charge >= 0.3 is 0 Å². The Kier molecular flexibility index (Phi) is 4.12. The molecule has 80 valence electrons. The van der Waals surface area contributed by atoms with Crippen molar-refractivity contribution >= 4 is 23.0 Å². The highest BCUT2D eigenvalue weighted by atomic mass is 35.5. The summed E-state index contributed by atoms with van der Waals surface area (Å²) in [7, 11) is 1.43. The van der Waals surface area contributed by atoms with E-state index in [9.17, 15) is 0 Å². The van der Waals surface area contributed by atoms with Crippen molar-refractivity contribution in [2.24, 2.45) is 10.3 Å². The minimum atomic E-state index is 0.374. The average Bonchev–Trinajstić information content (AvgIpc) is 2.26. The van der Waals surface area contributed by atoms with Crippen LogP contribution in [0.4, 0.5) is 0 Å². The van der Waals surface area contributed by atoms with Crippen molar-refractivity contribution in [3.8, 4) is 0 Å². The summed E-state index contributed by atoms with van der Waals surface area (Å²) < 4.78 is 0. The standard InChI is InChI=1S/C10H11ClN2O2/c1-7(12-14)10(13-15-2)8-3-5-9(11)6-4-8/h3-6,14H,1-2H3/b12-7+,13-10+. The predicted octanol–water partition coefficient (Wildman–Crippen LogP) is 2.54. The first kappa shape index (κ1) is 11.5. The number of oxime groups is 2. The van der Waals surface area contributed by atoms with E-state index in [1.165, 1.54) is 7.11 Å². The molecule has 1 aromatic rings. The fraction of sp³-hybridized carbons (Fsp3) is 0.200. The van der Waals surface area contributed by atoms with Gasteiger partial charge in [-0.25, -0.2) is 0 Å². The van der Waals surface area contributed by atoms with Crippen LogP contribution in [-0.4, -0.2) is 23.7 Å². The molecular formula is C10H11ClN2O2. The first-order valence-corrected chi connectivity index (χ1v) is 4.63. The zero-order valence-corrected chi connectivity index (χ0v) is 9.19. The van der Waals surface area contributed by atoms with Gasteiger partial charge in [0.1, 0.15) is 18.5 Å². The van der Waals surface area contributed by atoms with Crippen molar-refractivity contribution in [1.29, 1.82) is 0 Å². The molecule has 0 aromatic heterocycles. The summed E-state index contributed by atoms with van der Waals surface area (Å²) in [6, 6.07) is 7.00. The normalized spacial score (nSPS) is 12.7. The zero-order chi connectivity index (χ0) is 11.3. The fourth-order valence-electron chi connectivity index (χ4n) is 1.07. The highest BCUT2D eigenvalue weighted by Crippen LogP contribution is 2.11. The highest BCUT2D eigenvalue weighted by Gasteiger charge is 2.08. The van der Waals surface area contributed by atoms with Gasteiger partial charge in [0.05, 0.1) is 0 Å². The molecule has 0 bridgehead atoms. The third-order valence-corrected chi connectivity index (χ3v) is 2.04. The van der Waals surface area contributed by atoms with Crippen LogP contribution in [0.1, 0.15) is 12.5 Å². The Labute approximate surface area is 92.8 Å². The molecule has 0 radical (unpaired) electrons. The first-order valence-electron chi connectivity index (χ1n) is 4.25. The first-order chi connectivity index (χ1) is 7.19. The second-order valence-corrected chi connectivity index (χ2v) is 3.25. The Morgan fingerprint density at radius 2 is 1.93 bits per heavy atom. The minimum Gasteiger partial charge on any atom is -0.411 e. The maximum atomic E-state index is 8.67. The molecule has 0 fully saturated rings. The average molecular weight is 227 g/mol. The van der Waals surface area contributed by atoms with Crippen molar-refractivity contribution in [2.75, 3.05) is 7.11 Å². The van der Waals surface area contributed by atoms with Gasteiger partial charge in [0.2, 0.25) is 0 Å². The van der Waals surface area contributed by atoms with Gasteiger partial charge in [-0.3, -0.25) is 0 Å². The smallest absolute Gasteiger partial charge is 0.134 e. The molecule has 0 spiro atoms. The second kappa shape index (κ2) is 5.36. The lowest BCUT2D eigenvalue weighted by atomic mass is 10.1. The van der Waals surface area contributed by atoms with Crippen LogP contribution < -0.4 is 0 Å². The van der Waals surface area contributed by atoms with Crippen LogP contribution >= 0.6 is 11.6 Å². The fourth-order valence-corrected chi connectivity index (χ4v) is 1.20. The molecule has 0 heterocycles. The van der Waals surface area contributed by atoms with E-state index >= 15 is 0 Å².